The van der Waals surface area contributed by atoms with Crippen LogP contribution in [0.1, 0.15) is 50.0 Å². The predicted octanol–water partition coefficient (Wildman–Crippen LogP) is 5.60. The van der Waals surface area contributed by atoms with Crippen LogP contribution >= 0.6 is 0 Å². The number of para-hydroxylation sites is 2. The van der Waals surface area contributed by atoms with Crippen molar-refractivity contribution >= 4 is 40.5 Å². The number of anilines is 2. The molecule has 2 aliphatic heterocycles. The first-order chi connectivity index (χ1) is 26.8. The molecule has 284 valence electrons. The van der Waals surface area contributed by atoms with Crippen LogP contribution in [0.2, 0.25) is 0 Å². The van der Waals surface area contributed by atoms with Gasteiger partial charge in [-0.25, -0.2) is 4.39 Å². The van der Waals surface area contributed by atoms with Crippen LogP contribution in [0.4, 0.5) is 15.8 Å². The number of hydrogen-bond donors (Lipinski definition) is 2. The van der Waals surface area contributed by atoms with Gasteiger partial charge >= 0.3 is 0 Å². The van der Waals surface area contributed by atoms with Crippen molar-refractivity contribution in [3.63, 3.8) is 0 Å². The van der Waals surface area contributed by atoms with Gasteiger partial charge in [0, 0.05) is 56.1 Å². The van der Waals surface area contributed by atoms with E-state index in [1.807, 2.05) is 28.8 Å². The number of aromatic hydroxyl groups is 1. The number of piperazine rings is 1. The zero-order chi connectivity index (χ0) is 38.1. The summed E-state index contributed by atoms with van der Waals surface area (Å²) in [5.41, 5.74) is 5.26. The number of nitrogens with zero attached hydrogens (tertiary/aromatic N) is 6. The number of fused-ring (bicyclic) bond motifs is 2. The second-order valence-electron chi connectivity index (χ2n) is 14.5. The maximum absolute atomic E-state index is 15.8. The molecule has 2 fully saturated rings. The fourth-order valence-electron chi connectivity index (χ4n) is 8.61. The van der Waals surface area contributed by atoms with Gasteiger partial charge in [-0.1, -0.05) is 24.3 Å². The first kappa shape index (κ1) is 36.2. The number of hydrogen-bond acceptors (Lipinski definition) is 9. The van der Waals surface area contributed by atoms with Crippen LogP contribution < -0.4 is 19.9 Å². The van der Waals surface area contributed by atoms with E-state index in [1.54, 1.807) is 54.5 Å². The van der Waals surface area contributed by atoms with Crippen molar-refractivity contribution in [1.82, 2.24) is 25.0 Å². The van der Waals surface area contributed by atoms with Gasteiger partial charge in [0.25, 0.3) is 0 Å². The van der Waals surface area contributed by atoms with Gasteiger partial charge in [-0.2, -0.15) is 0 Å². The molecule has 1 aliphatic carbocycles. The van der Waals surface area contributed by atoms with E-state index in [9.17, 15) is 19.5 Å². The highest BCUT2D eigenvalue weighted by atomic mass is 19.1. The van der Waals surface area contributed by atoms with Crippen LogP contribution in [-0.2, 0) is 14.4 Å². The highest BCUT2D eigenvalue weighted by Crippen LogP contribution is 2.45. The topological polar surface area (TPSA) is 133 Å². The number of halogens is 1. The Morgan fingerprint density at radius 1 is 1.00 bits per heavy atom. The molecule has 2 aromatic heterocycles. The molecule has 1 atom stereocenters. The molecule has 0 radical (unpaired) electrons. The molecular weight excluding hydrogens is 702 g/mol. The number of nitrogens with one attached hydrogen (secondary N) is 1. The number of carbonyl (C=O) groups is 3. The minimum absolute atomic E-state index is 0.0955. The molecule has 0 spiro atoms. The zero-order valence-electron chi connectivity index (χ0n) is 30.7. The maximum Gasteiger partial charge on any atom is 0.242 e. The lowest BCUT2D eigenvalue weighted by molar-refractivity contribution is -0.123. The molecule has 13 heteroatoms. The lowest BCUT2D eigenvalue weighted by atomic mass is 9.80. The van der Waals surface area contributed by atoms with Crippen molar-refractivity contribution in [2.45, 2.75) is 56.5 Å². The molecule has 55 heavy (non-hydrogen) atoms. The molecule has 4 heterocycles. The van der Waals surface area contributed by atoms with Crippen LogP contribution in [0.15, 0.2) is 79.0 Å². The summed E-state index contributed by atoms with van der Waals surface area (Å²) >= 11 is 0. The van der Waals surface area contributed by atoms with Crippen LogP contribution in [0.5, 0.6) is 11.5 Å². The summed E-state index contributed by atoms with van der Waals surface area (Å²) in [5, 5.41) is 21.7. The van der Waals surface area contributed by atoms with E-state index < -0.39 is 11.9 Å². The number of benzene rings is 3. The van der Waals surface area contributed by atoms with E-state index in [4.69, 9.17) is 4.74 Å². The number of aldehydes is 1. The molecule has 3 aromatic carbocycles. The number of ether oxygens (including phenoxy) is 1. The van der Waals surface area contributed by atoms with Gasteiger partial charge in [-0.3, -0.25) is 14.5 Å². The average Bonchev–Trinajstić information content (AvgIpc) is 3.64. The van der Waals surface area contributed by atoms with Crippen molar-refractivity contribution in [3.05, 3.63) is 90.4 Å². The summed E-state index contributed by atoms with van der Waals surface area (Å²) in [6.45, 7) is 2.31. The van der Waals surface area contributed by atoms with Crippen LogP contribution in [0, 0.1) is 5.82 Å². The van der Waals surface area contributed by atoms with E-state index >= 15 is 4.39 Å². The highest BCUT2D eigenvalue weighted by molar-refractivity contribution is 5.96. The monoisotopic (exact) mass is 745 g/mol. The molecule has 8 rings (SSSR count). The summed E-state index contributed by atoms with van der Waals surface area (Å²) in [6.07, 6.45) is 7.13. The molecule has 2 amide bonds. The smallest absolute Gasteiger partial charge is 0.242 e. The van der Waals surface area contributed by atoms with Gasteiger partial charge in [0.1, 0.15) is 41.8 Å². The Morgan fingerprint density at radius 3 is 2.60 bits per heavy atom. The normalized spacial score (nSPS) is 19.5. The van der Waals surface area contributed by atoms with Crippen molar-refractivity contribution < 1.29 is 28.6 Å². The molecule has 1 saturated heterocycles. The van der Waals surface area contributed by atoms with E-state index in [1.165, 1.54) is 6.07 Å². The molecule has 1 unspecified atom stereocenters. The van der Waals surface area contributed by atoms with Gasteiger partial charge in [0.15, 0.2) is 0 Å². The first-order valence-corrected chi connectivity index (χ1v) is 19.0. The molecular formula is C42H44FN7O5. The zero-order valence-corrected chi connectivity index (χ0v) is 30.7. The molecule has 1 saturated carbocycles. The Balaban J connectivity index is 0.918. The summed E-state index contributed by atoms with van der Waals surface area (Å²) in [4.78, 5) is 43.4. The van der Waals surface area contributed by atoms with Crippen molar-refractivity contribution in [1.29, 1.82) is 0 Å². The summed E-state index contributed by atoms with van der Waals surface area (Å²) in [6, 6.07) is 21.4. The second kappa shape index (κ2) is 15.5. The third-order valence-corrected chi connectivity index (χ3v) is 11.4. The number of aromatic nitrogens is 3. The standard InChI is InChI=1S/C42H44FN7O5/c1-44-42(54)37(9-5-22-51)49-21-23-55-41-30(7-4-8-36(41)49)27-11-13-28(14-12-27)47-19-20-50(40(53)26-47)35-16-15-29(24-32(35)43)48-18-17-33-38(48)25-34(46-45-33)31-6-2-3-10-39(31)52/h2-4,6-8,10,15-18,22,24-25,27-28,37,52H,5,9,11-14,19-21,23,26H2,1H3,(H,44,54). The number of phenols is 1. The van der Waals surface area contributed by atoms with Crippen LogP contribution in [-0.4, -0.2) is 94.8 Å². The van der Waals surface area contributed by atoms with E-state index in [-0.39, 0.29) is 41.8 Å². The largest absolute Gasteiger partial charge is 0.507 e. The minimum atomic E-state index is -0.484. The first-order valence-electron chi connectivity index (χ1n) is 19.0. The fraction of sp³-hybridized carbons (Fsp3) is 0.357. The Morgan fingerprint density at radius 2 is 1.84 bits per heavy atom. The van der Waals surface area contributed by atoms with Crippen LogP contribution in [0.25, 0.3) is 28.0 Å². The lowest BCUT2D eigenvalue weighted by Crippen LogP contribution is -2.54. The number of amides is 2. The number of carbonyl (C=O) groups excluding carboxylic acids is 3. The predicted molar refractivity (Wildman–Crippen MR) is 207 cm³/mol. The summed E-state index contributed by atoms with van der Waals surface area (Å²) in [5.74, 6) is 0.480. The van der Waals surface area contributed by atoms with Crippen molar-refractivity contribution in [2.24, 2.45) is 0 Å². The molecule has 5 aromatic rings. The van der Waals surface area contributed by atoms with Gasteiger partial charge in [-0.05, 0) is 86.1 Å². The number of rotatable bonds is 10. The fourth-order valence-corrected chi connectivity index (χ4v) is 8.61. The van der Waals surface area contributed by atoms with Crippen molar-refractivity contribution in [2.75, 3.05) is 49.6 Å². The SMILES string of the molecule is CNC(=O)C(CCC=O)N1CCOc2c(C3CCC(N4CCN(c5ccc(-n6ccc7nnc(-c8ccccc8O)cc76)cc5F)C(=O)C4)CC3)cccc21. The summed E-state index contributed by atoms with van der Waals surface area (Å²) in [7, 11) is 1.62. The van der Waals surface area contributed by atoms with E-state index in [0.29, 0.717) is 67.1 Å². The Hall–Kier alpha value is -5.82. The Bertz CT molecular complexity index is 2240. The quantitative estimate of drug-likeness (QED) is 0.175. The van der Waals surface area contributed by atoms with E-state index in [0.717, 1.165) is 49.0 Å². The Labute approximate surface area is 318 Å². The van der Waals surface area contributed by atoms with Gasteiger partial charge < -0.3 is 34.3 Å². The second-order valence-corrected chi connectivity index (χ2v) is 14.5. The van der Waals surface area contributed by atoms with Gasteiger partial charge in [0.2, 0.25) is 11.8 Å². The van der Waals surface area contributed by atoms with Gasteiger partial charge in [-0.15, -0.1) is 10.2 Å². The molecule has 0 bridgehead atoms. The third-order valence-electron chi connectivity index (χ3n) is 11.4. The molecule has 3 aliphatic rings. The minimum Gasteiger partial charge on any atom is -0.507 e. The maximum atomic E-state index is 15.8. The molecule has 2 N–H and O–H groups in total. The number of phenolic OH excluding ortho intramolecular Hbond substituents is 1. The third kappa shape index (κ3) is 7.00. The average molecular weight is 746 g/mol. The van der Waals surface area contributed by atoms with Crippen LogP contribution in [0.3, 0.4) is 0 Å². The highest BCUT2D eigenvalue weighted by Gasteiger charge is 2.36. The number of likely N-dealkylation sites (N-methyl/N-ethyl adjacent to an activating group) is 1. The van der Waals surface area contributed by atoms with Gasteiger partial charge in [0.05, 0.1) is 35.7 Å². The lowest BCUT2D eigenvalue weighted by Gasteiger charge is -2.42. The van der Waals surface area contributed by atoms with E-state index in [2.05, 4.69) is 31.4 Å². The Kier molecular flexibility index (Phi) is 10.2. The summed E-state index contributed by atoms with van der Waals surface area (Å²) < 4.78 is 23.9. The molecule has 12 nitrogen and oxygen atoms in total. The van der Waals surface area contributed by atoms with Crippen molar-refractivity contribution in [3.8, 4) is 28.4 Å².